The number of Topliss-reactive ketones (excluding diaryl/α,β-unsaturated/α-hetero) is 1. The second kappa shape index (κ2) is 5.47. The first-order valence-electron chi connectivity index (χ1n) is 5.58. The van der Waals surface area contributed by atoms with Crippen LogP contribution in [0.1, 0.15) is 26.7 Å². The Bertz CT molecular complexity index is 190. The number of hydrogen-bond acceptors (Lipinski definition) is 3. The van der Waals surface area contributed by atoms with Gasteiger partial charge in [-0.15, -0.1) is 0 Å². The molecule has 0 aromatic carbocycles. The normalized spacial score (nSPS) is 28.0. The molecule has 2 N–H and O–H groups in total. The molecule has 1 fully saturated rings. The Morgan fingerprint density at radius 3 is 2.86 bits per heavy atom. The van der Waals surface area contributed by atoms with Crippen molar-refractivity contribution in [2.24, 2.45) is 11.8 Å². The molecule has 0 radical (unpaired) electrons. The van der Waals surface area contributed by atoms with Gasteiger partial charge in [0.1, 0.15) is 0 Å². The summed E-state index contributed by atoms with van der Waals surface area (Å²) in [5.74, 6) is 0.985. The van der Waals surface area contributed by atoms with Crippen LogP contribution >= 0.6 is 0 Å². The summed E-state index contributed by atoms with van der Waals surface area (Å²) in [4.78, 5) is 11.9. The Kier molecular flexibility index (Phi) is 4.55. The number of rotatable bonds is 4. The average Bonchev–Trinajstić information content (AvgIpc) is 2.18. The van der Waals surface area contributed by atoms with E-state index in [1.807, 2.05) is 20.9 Å². The van der Waals surface area contributed by atoms with E-state index >= 15 is 0 Å². The number of nitrogens with one attached hydrogen (secondary N) is 2. The number of ketones is 1. The lowest BCUT2D eigenvalue weighted by molar-refractivity contribution is -0.125. The van der Waals surface area contributed by atoms with Crippen molar-refractivity contribution in [3.63, 3.8) is 0 Å². The van der Waals surface area contributed by atoms with Crippen molar-refractivity contribution in [1.29, 1.82) is 0 Å². The Labute approximate surface area is 86.6 Å². The molecule has 1 aliphatic rings. The second-order valence-corrected chi connectivity index (χ2v) is 4.45. The summed E-state index contributed by atoms with van der Waals surface area (Å²) in [5.41, 5.74) is 0. The van der Waals surface area contributed by atoms with Crippen molar-refractivity contribution in [2.45, 2.75) is 32.7 Å². The molecule has 1 rings (SSSR count). The number of carbonyl (C=O) groups excluding carboxylic acids is 1. The minimum absolute atomic E-state index is 0.0798. The van der Waals surface area contributed by atoms with Gasteiger partial charge < -0.3 is 10.6 Å². The molecule has 0 spiro atoms. The van der Waals surface area contributed by atoms with Crippen molar-refractivity contribution < 1.29 is 4.79 Å². The van der Waals surface area contributed by atoms with Crippen molar-refractivity contribution in [3.05, 3.63) is 0 Å². The highest BCUT2D eigenvalue weighted by atomic mass is 16.1. The van der Waals surface area contributed by atoms with Gasteiger partial charge in [0.15, 0.2) is 5.78 Å². The van der Waals surface area contributed by atoms with Crippen LogP contribution in [0.5, 0.6) is 0 Å². The van der Waals surface area contributed by atoms with Gasteiger partial charge in [-0.3, -0.25) is 4.79 Å². The Morgan fingerprint density at radius 2 is 2.29 bits per heavy atom. The molecule has 0 aliphatic carbocycles. The number of piperidine rings is 1. The third-order valence-electron chi connectivity index (χ3n) is 2.93. The maximum Gasteiger partial charge on any atom is 0.152 e. The fraction of sp³-hybridized carbons (Fsp3) is 0.909. The van der Waals surface area contributed by atoms with Crippen LogP contribution < -0.4 is 10.6 Å². The Morgan fingerprint density at radius 1 is 1.57 bits per heavy atom. The van der Waals surface area contributed by atoms with Crippen LogP contribution in [-0.2, 0) is 4.79 Å². The molecule has 0 amide bonds. The highest BCUT2D eigenvalue weighted by molar-refractivity contribution is 5.86. The zero-order valence-electron chi connectivity index (χ0n) is 9.47. The minimum atomic E-state index is 0.0798. The van der Waals surface area contributed by atoms with E-state index in [2.05, 4.69) is 10.6 Å². The van der Waals surface area contributed by atoms with E-state index in [9.17, 15) is 4.79 Å². The van der Waals surface area contributed by atoms with Crippen LogP contribution in [0.25, 0.3) is 0 Å². The molecule has 1 aliphatic heterocycles. The average molecular weight is 198 g/mol. The molecular formula is C11H22N2O. The monoisotopic (exact) mass is 198 g/mol. The summed E-state index contributed by atoms with van der Waals surface area (Å²) in [6, 6.07) is 0.0798. The quantitative estimate of drug-likeness (QED) is 0.702. The molecule has 0 aromatic heterocycles. The SMILES string of the molecule is CNCC1CCCNC1C(=O)C(C)C. The third-order valence-corrected chi connectivity index (χ3v) is 2.93. The van der Waals surface area contributed by atoms with Crippen LogP contribution in [0.4, 0.5) is 0 Å². The smallest absolute Gasteiger partial charge is 0.152 e. The zero-order chi connectivity index (χ0) is 10.6. The molecule has 1 saturated heterocycles. The van der Waals surface area contributed by atoms with Crippen LogP contribution in [0.3, 0.4) is 0 Å². The van der Waals surface area contributed by atoms with Gasteiger partial charge in [-0.25, -0.2) is 0 Å². The molecule has 0 saturated carbocycles. The van der Waals surface area contributed by atoms with Crippen LogP contribution in [-0.4, -0.2) is 32.0 Å². The molecule has 82 valence electrons. The molecule has 2 atom stereocenters. The third kappa shape index (κ3) is 2.79. The largest absolute Gasteiger partial charge is 0.319 e. The second-order valence-electron chi connectivity index (χ2n) is 4.45. The van der Waals surface area contributed by atoms with Gasteiger partial charge in [-0.1, -0.05) is 13.8 Å². The van der Waals surface area contributed by atoms with Gasteiger partial charge in [0, 0.05) is 5.92 Å². The topological polar surface area (TPSA) is 41.1 Å². The molecule has 0 aromatic rings. The summed E-state index contributed by atoms with van der Waals surface area (Å²) in [5, 5.41) is 6.51. The standard InChI is InChI=1S/C11H22N2O/c1-8(2)11(14)10-9(7-12-3)5-4-6-13-10/h8-10,12-13H,4-7H2,1-3H3. The summed E-state index contributed by atoms with van der Waals surface area (Å²) in [6.45, 7) is 5.89. The van der Waals surface area contributed by atoms with Gasteiger partial charge in [0.05, 0.1) is 6.04 Å². The van der Waals surface area contributed by atoms with Crippen molar-refractivity contribution in [1.82, 2.24) is 10.6 Å². The van der Waals surface area contributed by atoms with Gasteiger partial charge in [-0.2, -0.15) is 0 Å². The molecule has 3 nitrogen and oxygen atoms in total. The van der Waals surface area contributed by atoms with Gasteiger partial charge >= 0.3 is 0 Å². The summed E-state index contributed by atoms with van der Waals surface area (Å²) >= 11 is 0. The van der Waals surface area contributed by atoms with E-state index in [0.717, 1.165) is 19.5 Å². The van der Waals surface area contributed by atoms with E-state index in [4.69, 9.17) is 0 Å². The maximum atomic E-state index is 11.9. The van der Waals surface area contributed by atoms with E-state index in [1.165, 1.54) is 6.42 Å². The van der Waals surface area contributed by atoms with Crippen LogP contribution in [0.2, 0.25) is 0 Å². The van der Waals surface area contributed by atoms with E-state index in [1.54, 1.807) is 0 Å². The molecule has 3 heteroatoms. The molecular weight excluding hydrogens is 176 g/mol. The van der Waals surface area contributed by atoms with E-state index < -0.39 is 0 Å². The predicted octanol–water partition coefficient (Wildman–Crippen LogP) is 0.799. The molecule has 2 unspecified atom stereocenters. The molecule has 1 heterocycles. The highest BCUT2D eigenvalue weighted by Crippen LogP contribution is 2.18. The summed E-state index contributed by atoms with van der Waals surface area (Å²) < 4.78 is 0. The van der Waals surface area contributed by atoms with Gasteiger partial charge in [0.25, 0.3) is 0 Å². The minimum Gasteiger partial charge on any atom is -0.319 e. The number of carbonyl (C=O) groups is 1. The van der Waals surface area contributed by atoms with Crippen LogP contribution in [0, 0.1) is 11.8 Å². The van der Waals surface area contributed by atoms with Crippen LogP contribution in [0.15, 0.2) is 0 Å². The first-order valence-corrected chi connectivity index (χ1v) is 5.58. The van der Waals surface area contributed by atoms with Crippen molar-refractivity contribution >= 4 is 5.78 Å². The fourth-order valence-electron chi connectivity index (χ4n) is 2.13. The lowest BCUT2D eigenvalue weighted by Gasteiger charge is -2.32. The lowest BCUT2D eigenvalue weighted by Crippen LogP contribution is -2.50. The van der Waals surface area contributed by atoms with Gasteiger partial charge in [0.2, 0.25) is 0 Å². The highest BCUT2D eigenvalue weighted by Gasteiger charge is 2.30. The van der Waals surface area contributed by atoms with Crippen molar-refractivity contribution in [2.75, 3.05) is 20.1 Å². The predicted molar refractivity (Wildman–Crippen MR) is 58.3 cm³/mol. The first kappa shape index (κ1) is 11.7. The van der Waals surface area contributed by atoms with Gasteiger partial charge in [-0.05, 0) is 38.9 Å². The molecule has 0 bridgehead atoms. The van der Waals surface area contributed by atoms with E-state index in [-0.39, 0.29) is 12.0 Å². The fourth-order valence-corrected chi connectivity index (χ4v) is 2.13. The zero-order valence-corrected chi connectivity index (χ0v) is 9.47. The maximum absolute atomic E-state index is 11.9. The first-order chi connectivity index (χ1) is 6.66. The lowest BCUT2D eigenvalue weighted by atomic mass is 9.85. The summed E-state index contributed by atoms with van der Waals surface area (Å²) in [7, 11) is 1.95. The molecule has 14 heavy (non-hydrogen) atoms. The Balaban J connectivity index is 2.57. The van der Waals surface area contributed by atoms with Crippen molar-refractivity contribution in [3.8, 4) is 0 Å². The Hall–Kier alpha value is -0.410. The van der Waals surface area contributed by atoms with E-state index in [0.29, 0.717) is 11.7 Å². The number of hydrogen-bond donors (Lipinski definition) is 2. The summed E-state index contributed by atoms with van der Waals surface area (Å²) in [6.07, 6.45) is 2.35.